The predicted molar refractivity (Wildman–Crippen MR) is 82.8 cm³/mol. The van der Waals surface area contributed by atoms with Crippen LogP contribution in [0.4, 0.5) is 0 Å². The van der Waals surface area contributed by atoms with Crippen LogP contribution in [0.3, 0.4) is 0 Å². The summed E-state index contributed by atoms with van der Waals surface area (Å²) in [6.07, 6.45) is 6.46. The van der Waals surface area contributed by atoms with E-state index in [1.54, 1.807) is 14.2 Å². The van der Waals surface area contributed by atoms with E-state index in [1.807, 2.05) is 6.07 Å². The van der Waals surface area contributed by atoms with E-state index in [9.17, 15) is 0 Å². The maximum absolute atomic E-state index is 5.43. The van der Waals surface area contributed by atoms with Gasteiger partial charge in [-0.3, -0.25) is 0 Å². The maximum Gasteiger partial charge on any atom is 0.160 e. The van der Waals surface area contributed by atoms with Crippen LogP contribution in [-0.4, -0.2) is 26.8 Å². The van der Waals surface area contributed by atoms with E-state index in [2.05, 4.69) is 24.4 Å². The van der Waals surface area contributed by atoms with Crippen molar-refractivity contribution in [3.8, 4) is 11.5 Å². The van der Waals surface area contributed by atoms with Crippen LogP contribution in [0.25, 0.3) is 0 Å². The van der Waals surface area contributed by atoms with Crippen LogP contribution >= 0.6 is 0 Å². The molecule has 0 aromatic heterocycles. The highest BCUT2D eigenvalue weighted by Crippen LogP contribution is 2.36. The van der Waals surface area contributed by atoms with Gasteiger partial charge in [0.05, 0.1) is 14.2 Å². The number of nitrogens with one attached hydrogen (secondary N) is 1. The molecule has 0 spiro atoms. The maximum atomic E-state index is 5.43. The molecule has 0 saturated heterocycles. The van der Waals surface area contributed by atoms with Crippen molar-refractivity contribution in [3.63, 3.8) is 0 Å². The van der Waals surface area contributed by atoms with E-state index in [4.69, 9.17) is 9.47 Å². The Bertz CT molecular complexity index is 419. The van der Waals surface area contributed by atoms with Gasteiger partial charge in [-0.05, 0) is 49.4 Å². The van der Waals surface area contributed by atoms with Crippen molar-refractivity contribution in [2.45, 2.75) is 51.0 Å². The molecule has 112 valence electrons. The van der Waals surface area contributed by atoms with Crippen LogP contribution in [0.2, 0.25) is 0 Å². The quantitative estimate of drug-likeness (QED) is 0.832. The van der Waals surface area contributed by atoms with Gasteiger partial charge < -0.3 is 14.8 Å². The summed E-state index contributed by atoms with van der Waals surface area (Å²) in [5.74, 6) is 2.28. The molecule has 0 amide bonds. The van der Waals surface area contributed by atoms with Crippen molar-refractivity contribution in [2.75, 3.05) is 20.8 Å². The van der Waals surface area contributed by atoms with Crippen LogP contribution in [0.1, 0.15) is 50.5 Å². The van der Waals surface area contributed by atoms with Gasteiger partial charge in [0.2, 0.25) is 0 Å². The molecule has 20 heavy (non-hydrogen) atoms. The molecule has 3 heteroatoms. The lowest BCUT2D eigenvalue weighted by Crippen LogP contribution is -2.29. The molecule has 1 aromatic rings. The second-order valence-corrected chi connectivity index (χ2v) is 5.59. The molecule has 1 N–H and O–H groups in total. The summed E-state index contributed by atoms with van der Waals surface area (Å²) in [5.41, 5.74) is 1.38. The average molecular weight is 277 g/mol. The fourth-order valence-corrected chi connectivity index (χ4v) is 3.24. The van der Waals surface area contributed by atoms with Crippen molar-refractivity contribution in [1.82, 2.24) is 5.32 Å². The van der Waals surface area contributed by atoms with Crippen LogP contribution in [0, 0.1) is 0 Å². The molecule has 1 fully saturated rings. The van der Waals surface area contributed by atoms with E-state index in [0.717, 1.165) is 18.0 Å². The van der Waals surface area contributed by atoms with Crippen LogP contribution < -0.4 is 14.8 Å². The molecule has 0 bridgehead atoms. The lowest BCUT2D eigenvalue weighted by Gasteiger charge is -2.22. The fourth-order valence-electron chi connectivity index (χ4n) is 3.24. The SMILES string of the molecule is CCNC1CCCCC(c2ccc(OC)c(OC)c2)C1. The molecule has 1 aliphatic rings. The van der Waals surface area contributed by atoms with Gasteiger partial charge in [-0.1, -0.05) is 25.8 Å². The lowest BCUT2D eigenvalue weighted by atomic mass is 9.90. The van der Waals surface area contributed by atoms with Gasteiger partial charge in [0.15, 0.2) is 11.5 Å². The zero-order valence-electron chi connectivity index (χ0n) is 12.9. The Balaban J connectivity index is 2.16. The average Bonchev–Trinajstić information content (AvgIpc) is 2.72. The molecular weight excluding hydrogens is 250 g/mol. The molecule has 3 nitrogen and oxygen atoms in total. The first kappa shape index (κ1) is 15.2. The minimum atomic E-state index is 0.626. The highest BCUT2D eigenvalue weighted by molar-refractivity contribution is 5.44. The summed E-state index contributed by atoms with van der Waals surface area (Å²) < 4.78 is 10.8. The fraction of sp³-hybridized carbons (Fsp3) is 0.647. The largest absolute Gasteiger partial charge is 0.493 e. The van der Waals surface area contributed by atoms with Crippen LogP contribution in [0.15, 0.2) is 18.2 Å². The van der Waals surface area contributed by atoms with Gasteiger partial charge in [0.25, 0.3) is 0 Å². The Morgan fingerprint density at radius 3 is 2.55 bits per heavy atom. The topological polar surface area (TPSA) is 30.5 Å². The highest BCUT2D eigenvalue weighted by Gasteiger charge is 2.21. The highest BCUT2D eigenvalue weighted by atomic mass is 16.5. The molecule has 1 aliphatic carbocycles. The van der Waals surface area contributed by atoms with Crippen molar-refractivity contribution < 1.29 is 9.47 Å². The van der Waals surface area contributed by atoms with E-state index < -0.39 is 0 Å². The van der Waals surface area contributed by atoms with E-state index >= 15 is 0 Å². The third-order valence-corrected chi connectivity index (χ3v) is 4.30. The summed E-state index contributed by atoms with van der Waals surface area (Å²) in [7, 11) is 3.39. The standard InChI is InChI=1S/C17H27NO2/c1-4-18-15-8-6-5-7-13(11-15)14-9-10-16(19-2)17(12-14)20-3/h9-10,12-13,15,18H,4-8,11H2,1-3H3. The Hall–Kier alpha value is -1.22. The van der Waals surface area contributed by atoms with E-state index in [-0.39, 0.29) is 0 Å². The number of ether oxygens (including phenoxy) is 2. The number of hydrogen-bond donors (Lipinski definition) is 1. The molecule has 2 unspecified atom stereocenters. The van der Waals surface area contributed by atoms with Crippen molar-refractivity contribution in [3.05, 3.63) is 23.8 Å². The number of benzene rings is 1. The molecule has 0 radical (unpaired) electrons. The van der Waals surface area contributed by atoms with Gasteiger partial charge in [0.1, 0.15) is 0 Å². The third kappa shape index (κ3) is 3.66. The Morgan fingerprint density at radius 1 is 1.10 bits per heavy atom. The van der Waals surface area contributed by atoms with Crippen molar-refractivity contribution in [1.29, 1.82) is 0 Å². The minimum Gasteiger partial charge on any atom is -0.493 e. The van der Waals surface area contributed by atoms with Crippen molar-refractivity contribution >= 4 is 0 Å². The lowest BCUT2D eigenvalue weighted by molar-refractivity contribution is 0.353. The monoisotopic (exact) mass is 277 g/mol. The second kappa shape index (κ2) is 7.53. The Morgan fingerprint density at radius 2 is 1.85 bits per heavy atom. The minimum absolute atomic E-state index is 0.626. The summed E-state index contributed by atoms with van der Waals surface area (Å²) in [5, 5.41) is 3.62. The molecule has 2 atom stereocenters. The molecular formula is C17H27NO2. The van der Waals surface area contributed by atoms with Crippen molar-refractivity contribution in [2.24, 2.45) is 0 Å². The summed E-state index contributed by atoms with van der Waals surface area (Å²) in [6, 6.07) is 7.03. The zero-order chi connectivity index (χ0) is 14.4. The van der Waals surface area contributed by atoms with Gasteiger partial charge in [0, 0.05) is 6.04 Å². The summed E-state index contributed by atoms with van der Waals surface area (Å²) >= 11 is 0. The number of hydrogen-bond acceptors (Lipinski definition) is 3. The molecule has 0 heterocycles. The number of methoxy groups -OCH3 is 2. The van der Waals surface area contributed by atoms with Gasteiger partial charge in [-0.15, -0.1) is 0 Å². The first-order valence-electron chi connectivity index (χ1n) is 7.73. The van der Waals surface area contributed by atoms with Gasteiger partial charge in [-0.25, -0.2) is 0 Å². The summed E-state index contributed by atoms with van der Waals surface area (Å²) in [6.45, 7) is 3.25. The Kier molecular flexibility index (Phi) is 5.72. The smallest absolute Gasteiger partial charge is 0.160 e. The van der Waals surface area contributed by atoms with E-state index in [0.29, 0.717) is 12.0 Å². The van der Waals surface area contributed by atoms with Gasteiger partial charge >= 0.3 is 0 Å². The molecule has 1 saturated carbocycles. The number of rotatable bonds is 5. The van der Waals surface area contributed by atoms with E-state index in [1.165, 1.54) is 37.7 Å². The first-order chi connectivity index (χ1) is 9.78. The molecule has 0 aliphatic heterocycles. The molecule has 2 rings (SSSR count). The van der Waals surface area contributed by atoms with Crippen LogP contribution in [0.5, 0.6) is 11.5 Å². The van der Waals surface area contributed by atoms with Gasteiger partial charge in [-0.2, -0.15) is 0 Å². The molecule has 1 aromatic carbocycles. The Labute approximate surface area is 122 Å². The normalized spacial score (nSPS) is 23.1. The summed E-state index contributed by atoms with van der Waals surface area (Å²) in [4.78, 5) is 0. The first-order valence-corrected chi connectivity index (χ1v) is 7.73. The second-order valence-electron chi connectivity index (χ2n) is 5.59. The third-order valence-electron chi connectivity index (χ3n) is 4.30. The predicted octanol–water partition coefficient (Wildman–Crippen LogP) is 3.73. The van der Waals surface area contributed by atoms with Crippen LogP contribution in [-0.2, 0) is 0 Å². The zero-order valence-corrected chi connectivity index (χ0v) is 12.9.